The molecule has 0 radical (unpaired) electrons. The van der Waals surface area contributed by atoms with Gasteiger partial charge < -0.3 is 10.0 Å². The molecule has 0 amide bonds. The molecule has 2 aliphatic rings. The standard InChI is InChI=1S/C15H17Cl2NO2/c1-18-10-2-3-11(18)5-8(4-10)14-12(15(19)20)6-9(16)7-13(14)17/h6-8,10-11H,2-5H2,1H3,(H,19,20)/t8?,10-,11?/m0/s1. The van der Waals surface area contributed by atoms with Crippen molar-refractivity contribution in [1.82, 2.24) is 4.90 Å². The van der Waals surface area contributed by atoms with Gasteiger partial charge in [0.2, 0.25) is 0 Å². The van der Waals surface area contributed by atoms with Crippen LogP contribution in [0.4, 0.5) is 0 Å². The molecule has 108 valence electrons. The molecule has 3 nitrogen and oxygen atoms in total. The minimum atomic E-state index is -0.948. The normalized spacial score (nSPS) is 29.6. The average Bonchev–Trinajstić information content (AvgIpc) is 2.61. The number of nitrogens with zero attached hydrogens (tertiary/aromatic N) is 1. The van der Waals surface area contributed by atoms with Crippen LogP contribution in [0.2, 0.25) is 10.0 Å². The zero-order valence-corrected chi connectivity index (χ0v) is 12.8. The molecule has 1 aromatic carbocycles. The van der Waals surface area contributed by atoms with E-state index < -0.39 is 5.97 Å². The van der Waals surface area contributed by atoms with Crippen LogP contribution < -0.4 is 0 Å². The molecule has 2 bridgehead atoms. The molecular weight excluding hydrogens is 297 g/mol. The summed E-state index contributed by atoms with van der Waals surface area (Å²) in [5.74, 6) is -0.727. The van der Waals surface area contributed by atoms with Gasteiger partial charge in [-0.3, -0.25) is 0 Å². The predicted molar refractivity (Wildman–Crippen MR) is 80.0 cm³/mol. The third-order valence-electron chi connectivity index (χ3n) is 4.83. The van der Waals surface area contributed by atoms with Gasteiger partial charge in [-0.2, -0.15) is 0 Å². The summed E-state index contributed by atoms with van der Waals surface area (Å²) in [6.07, 6.45) is 4.36. The van der Waals surface area contributed by atoms with Crippen LogP contribution in [0.25, 0.3) is 0 Å². The van der Waals surface area contributed by atoms with Crippen molar-refractivity contribution in [3.05, 3.63) is 33.3 Å². The first-order valence-electron chi connectivity index (χ1n) is 6.91. The van der Waals surface area contributed by atoms with Crippen molar-refractivity contribution in [2.45, 2.75) is 43.7 Å². The van der Waals surface area contributed by atoms with E-state index in [0.29, 0.717) is 22.1 Å². The Morgan fingerprint density at radius 3 is 2.40 bits per heavy atom. The first kappa shape index (κ1) is 14.2. The minimum Gasteiger partial charge on any atom is -0.478 e. The number of aromatic carboxylic acids is 1. The van der Waals surface area contributed by atoms with Crippen molar-refractivity contribution in [2.24, 2.45) is 0 Å². The van der Waals surface area contributed by atoms with E-state index in [-0.39, 0.29) is 11.5 Å². The number of piperidine rings is 1. The molecule has 2 unspecified atom stereocenters. The average molecular weight is 314 g/mol. The van der Waals surface area contributed by atoms with Crippen LogP contribution in [0.5, 0.6) is 0 Å². The molecule has 2 heterocycles. The highest BCUT2D eigenvalue weighted by Crippen LogP contribution is 2.45. The molecule has 2 aliphatic heterocycles. The van der Waals surface area contributed by atoms with Crippen LogP contribution in [0.3, 0.4) is 0 Å². The molecule has 0 saturated carbocycles. The number of hydrogen-bond acceptors (Lipinski definition) is 2. The highest BCUT2D eigenvalue weighted by atomic mass is 35.5. The molecule has 0 aromatic heterocycles. The zero-order chi connectivity index (χ0) is 14.4. The molecule has 2 fully saturated rings. The van der Waals surface area contributed by atoms with Gasteiger partial charge in [0.1, 0.15) is 0 Å². The number of halogens is 2. The van der Waals surface area contributed by atoms with E-state index in [1.54, 1.807) is 6.07 Å². The molecular formula is C15H17Cl2NO2. The highest BCUT2D eigenvalue weighted by Gasteiger charge is 2.40. The van der Waals surface area contributed by atoms with Crippen molar-refractivity contribution in [3.8, 4) is 0 Å². The largest absolute Gasteiger partial charge is 0.478 e. The second-order valence-electron chi connectivity index (χ2n) is 5.87. The summed E-state index contributed by atoms with van der Waals surface area (Å²) in [6.45, 7) is 0. The Morgan fingerprint density at radius 2 is 1.85 bits per heavy atom. The van der Waals surface area contributed by atoms with Crippen molar-refractivity contribution in [3.63, 3.8) is 0 Å². The summed E-state index contributed by atoms with van der Waals surface area (Å²) in [4.78, 5) is 13.9. The third kappa shape index (κ3) is 2.32. The van der Waals surface area contributed by atoms with Gasteiger partial charge in [-0.05, 0) is 56.3 Å². The van der Waals surface area contributed by atoms with E-state index in [9.17, 15) is 9.90 Å². The van der Waals surface area contributed by atoms with Crippen molar-refractivity contribution >= 4 is 29.2 Å². The first-order valence-corrected chi connectivity index (χ1v) is 7.67. The quantitative estimate of drug-likeness (QED) is 0.896. The van der Waals surface area contributed by atoms with Crippen LogP contribution in [-0.4, -0.2) is 35.1 Å². The summed E-state index contributed by atoms with van der Waals surface area (Å²) < 4.78 is 0. The molecule has 1 aromatic rings. The number of benzene rings is 1. The molecule has 2 saturated heterocycles. The number of carboxylic acids is 1. The second-order valence-corrected chi connectivity index (χ2v) is 6.72. The van der Waals surface area contributed by atoms with E-state index in [1.807, 2.05) is 0 Å². The van der Waals surface area contributed by atoms with E-state index in [4.69, 9.17) is 23.2 Å². The topological polar surface area (TPSA) is 40.5 Å². The summed E-state index contributed by atoms with van der Waals surface area (Å²) in [5.41, 5.74) is 1.03. The Balaban J connectivity index is 2.00. The Hall–Kier alpha value is -0.770. The summed E-state index contributed by atoms with van der Waals surface area (Å²) >= 11 is 12.2. The number of hydrogen-bond donors (Lipinski definition) is 1. The van der Waals surface area contributed by atoms with Crippen LogP contribution in [0.1, 0.15) is 47.5 Å². The van der Waals surface area contributed by atoms with Gasteiger partial charge >= 0.3 is 5.97 Å². The van der Waals surface area contributed by atoms with Gasteiger partial charge in [0, 0.05) is 22.1 Å². The Kier molecular flexibility index (Phi) is 3.69. The van der Waals surface area contributed by atoms with Crippen LogP contribution >= 0.6 is 23.2 Å². The van der Waals surface area contributed by atoms with E-state index >= 15 is 0 Å². The lowest BCUT2D eigenvalue weighted by atomic mass is 9.83. The first-order chi connectivity index (χ1) is 9.47. The van der Waals surface area contributed by atoms with Gasteiger partial charge in [0.05, 0.1) is 5.56 Å². The van der Waals surface area contributed by atoms with Crippen molar-refractivity contribution in [2.75, 3.05) is 7.05 Å². The number of rotatable bonds is 2. The molecule has 3 rings (SSSR count). The summed E-state index contributed by atoms with van der Waals surface area (Å²) in [7, 11) is 2.17. The monoisotopic (exact) mass is 313 g/mol. The lowest BCUT2D eigenvalue weighted by Gasteiger charge is -2.37. The van der Waals surface area contributed by atoms with Crippen molar-refractivity contribution in [1.29, 1.82) is 0 Å². The van der Waals surface area contributed by atoms with Gasteiger partial charge in [0.25, 0.3) is 0 Å². The number of carboxylic acid groups (broad SMARTS) is 1. The van der Waals surface area contributed by atoms with Gasteiger partial charge in [-0.15, -0.1) is 0 Å². The van der Waals surface area contributed by atoms with Gasteiger partial charge in [-0.1, -0.05) is 23.2 Å². The maximum Gasteiger partial charge on any atom is 0.336 e. The fourth-order valence-electron chi connectivity index (χ4n) is 3.82. The smallest absolute Gasteiger partial charge is 0.336 e. The highest BCUT2D eigenvalue weighted by molar-refractivity contribution is 6.35. The maximum absolute atomic E-state index is 11.5. The summed E-state index contributed by atoms with van der Waals surface area (Å²) in [5, 5.41) is 10.3. The molecule has 5 heteroatoms. The third-order valence-corrected chi connectivity index (χ3v) is 5.36. The van der Waals surface area contributed by atoms with Gasteiger partial charge in [-0.25, -0.2) is 4.79 Å². The Labute approximate surface area is 128 Å². The second kappa shape index (κ2) is 5.21. The fourth-order valence-corrected chi connectivity index (χ4v) is 4.47. The molecule has 0 spiro atoms. The minimum absolute atomic E-state index is 0.222. The molecule has 3 atom stereocenters. The molecule has 1 N–H and O–H groups in total. The van der Waals surface area contributed by atoms with E-state index in [0.717, 1.165) is 18.4 Å². The predicted octanol–water partition coefficient (Wildman–Crippen LogP) is 4.03. The Morgan fingerprint density at radius 1 is 1.25 bits per heavy atom. The number of carbonyl (C=O) groups is 1. The maximum atomic E-state index is 11.5. The number of fused-ring (bicyclic) bond motifs is 2. The van der Waals surface area contributed by atoms with E-state index in [1.165, 1.54) is 18.9 Å². The lowest BCUT2D eigenvalue weighted by molar-refractivity contribution is 0.0693. The Bertz CT molecular complexity index is 547. The zero-order valence-electron chi connectivity index (χ0n) is 11.3. The SMILES string of the molecule is CN1C2CC[C@H]1CC(c1c(Cl)cc(Cl)cc1C(=O)O)C2. The van der Waals surface area contributed by atoms with Crippen LogP contribution in [0, 0.1) is 0 Å². The fraction of sp³-hybridized carbons (Fsp3) is 0.533. The molecule has 20 heavy (non-hydrogen) atoms. The summed E-state index contributed by atoms with van der Waals surface area (Å²) in [6, 6.07) is 4.27. The lowest BCUT2D eigenvalue weighted by Crippen LogP contribution is -2.39. The van der Waals surface area contributed by atoms with Crippen molar-refractivity contribution < 1.29 is 9.90 Å². The van der Waals surface area contributed by atoms with E-state index in [2.05, 4.69) is 11.9 Å². The van der Waals surface area contributed by atoms with Crippen LogP contribution in [-0.2, 0) is 0 Å². The van der Waals surface area contributed by atoms with Gasteiger partial charge in [0.15, 0.2) is 0 Å². The van der Waals surface area contributed by atoms with Crippen LogP contribution in [0.15, 0.2) is 12.1 Å². The molecule has 0 aliphatic carbocycles.